The number of methoxy groups -OCH3 is 1. The zero-order valence-electron chi connectivity index (χ0n) is 21.4. The van der Waals surface area contributed by atoms with E-state index < -0.39 is 23.8 Å². The lowest BCUT2D eigenvalue weighted by molar-refractivity contribution is -0.137. The van der Waals surface area contributed by atoms with Gasteiger partial charge in [0.15, 0.2) is 5.11 Å². The monoisotopic (exact) mass is 565 g/mol. The molecule has 0 saturated carbocycles. The maximum atomic E-state index is 13.5. The van der Waals surface area contributed by atoms with E-state index in [2.05, 4.69) is 15.6 Å². The summed E-state index contributed by atoms with van der Waals surface area (Å²) in [5.41, 5.74) is 1.59. The van der Waals surface area contributed by atoms with E-state index in [9.17, 15) is 18.0 Å². The Morgan fingerprint density at radius 2 is 1.88 bits per heavy atom. The Balaban J connectivity index is 1.46. The van der Waals surface area contributed by atoms with Crippen LogP contribution in [0, 0.1) is 0 Å². The van der Waals surface area contributed by atoms with E-state index in [0.29, 0.717) is 33.6 Å². The number of halogens is 3. The lowest BCUT2D eigenvalue weighted by Crippen LogP contribution is -2.33. The van der Waals surface area contributed by atoms with Crippen LogP contribution in [0.1, 0.15) is 35.5 Å². The Hall–Kier alpha value is -4.38. The maximum Gasteiger partial charge on any atom is 0.416 e. The number of anilines is 1. The number of hydrogen-bond donors (Lipinski definition) is 2. The Kier molecular flexibility index (Phi) is 7.74. The van der Waals surface area contributed by atoms with Crippen molar-refractivity contribution in [3.63, 3.8) is 0 Å². The molecule has 1 aliphatic rings. The first kappa shape index (κ1) is 27.2. The van der Waals surface area contributed by atoms with Crippen LogP contribution in [-0.4, -0.2) is 39.1 Å². The highest BCUT2D eigenvalue weighted by atomic mass is 32.1. The number of alkyl halides is 3. The molecule has 2 aromatic carbocycles. The van der Waals surface area contributed by atoms with Crippen molar-refractivity contribution in [1.29, 1.82) is 0 Å². The molecule has 11 heteroatoms. The third-order valence-electron chi connectivity index (χ3n) is 6.69. The van der Waals surface area contributed by atoms with Gasteiger partial charge >= 0.3 is 6.18 Å². The first-order valence-electron chi connectivity index (χ1n) is 12.5. The van der Waals surface area contributed by atoms with Crippen molar-refractivity contribution in [3.05, 3.63) is 108 Å². The minimum atomic E-state index is -4.48. The van der Waals surface area contributed by atoms with E-state index in [1.165, 1.54) is 13.2 Å². The number of carbonyl (C=O) groups is 1. The number of aromatic nitrogens is 2. The van der Waals surface area contributed by atoms with Gasteiger partial charge in [-0.15, -0.1) is 0 Å². The molecule has 0 spiro atoms. The topological polar surface area (TPSA) is 71.4 Å². The molecular formula is C29H26F3N5O2S. The zero-order chi connectivity index (χ0) is 28.3. The Morgan fingerprint density at radius 3 is 2.62 bits per heavy atom. The molecule has 5 rings (SSSR count). The fourth-order valence-corrected chi connectivity index (χ4v) is 5.18. The summed E-state index contributed by atoms with van der Waals surface area (Å²) in [5, 5.41) is 6.61. The highest BCUT2D eigenvalue weighted by Crippen LogP contribution is 2.40. The summed E-state index contributed by atoms with van der Waals surface area (Å²) in [7, 11) is 1.53. The van der Waals surface area contributed by atoms with E-state index in [-0.39, 0.29) is 18.9 Å². The summed E-state index contributed by atoms with van der Waals surface area (Å²) in [6.07, 6.45) is -0.979. The molecule has 1 aliphatic heterocycles. The standard InChI is InChI=1S/C29H26F3N5O2S/c1-39-24-13-3-2-10-21(24)34-25(38)14-17-37-27(26(35-28(37)40)22-11-4-5-15-33-22)23-12-7-16-36(23)20-9-6-8-19(18-20)29(30,31)32/h2-13,15-16,18,26-27H,14,17H2,1H3,(H,34,38)(H,35,40). The SMILES string of the molecule is COc1ccccc1NC(=O)CCN1C(=S)NC(c2ccccn2)C1c1cccn1-c1cccc(C(F)(F)F)c1. The zero-order valence-corrected chi connectivity index (χ0v) is 22.2. The molecule has 1 amide bonds. The predicted octanol–water partition coefficient (Wildman–Crippen LogP) is 5.90. The highest BCUT2D eigenvalue weighted by Gasteiger charge is 2.41. The molecule has 0 aliphatic carbocycles. The fourth-order valence-electron chi connectivity index (χ4n) is 4.85. The molecular weight excluding hydrogens is 539 g/mol. The lowest BCUT2D eigenvalue weighted by atomic mass is 10.0. The number of pyridine rings is 1. The molecule has 0 radical (unpaired) electrons. The lowest BCUT2D eigenvalue weighted by Gasteiger charge is -2.29. The average Bonchev–Trinajstić information content (AvgIpc) is 3.56. The van der Waals surface area contributed by atoms with Gasteiger partial charge in [-0.2, -0.15) is 13.2 Å². The number of nitrogens with zero attached hydrogens (tertiary/aromatic N) is 3. The van der Waals surface area contributed by atoms with Crippen molar-refractivity contribution >= 4 is 28.9 Å². The van der Waals surface area contributed by atoms with Crippen LogP contribution in [-0.2, 0) is 11.0 Å². The molecule has 0 bridgehead atoms. The largest absolute Gasteiger partial charge is 0.495 e. The van der Waals surface area contributed by atoms with Gasteiger partial charge in [0.25, 0.3) is 0 Å². The van der Waals surface area contributed by atoms with Crippen LogP contribution in [0.4, 0.5) is 18.9 Å². The average molecular weight is 566 g/mol. The predicted molar refractivity (Wildman–Crippen MR) is 149 cm³/mol. The van der Waals surface area contributed by atoms with Crippen molar-refractivity contribution < 1.29 is 22.7 Å². The molecule has 2 atom stereocenters. The van der Waals surface area contributed by atoms with E-state index in [1.54, 1.807) is 53.4 Å². The van der Waals surface area contributed by atoms with Gasteiger partial charge in [-0.05, 0) is 66.8 Å². The van der Waals surface area contributed by atoms with Gasteiger partial charge in [-0.3, -0.25) is 9.78 Å². The van der Waals surface area contributed by atoms with E-state index >= 15 is 0 Å². The quantitative estimate of drug-likeness (QED) is 0.259. The number of benzene rings is 2. The summed E-state index contributed by atoms with van der Waals surface area (Å²) in [6.45, 7) is 0.259. The van der Waals surface area contributed by atoms with Crippen molar-refractivity contribution in [3.8, 4) is 11.4 Å². The number of nitrogens with one attached hydrogen (secondary N) is 2. The summed E-state index contributed by atoms with van der Waals surface area (Å²) in [5.74, 6) is 0.307. The number of amides is 1. The third-order valence-corrected chi connectivity index (χ3v) is 7.05. The summed E-state index contributed by atoms with van der Waals surface area (Å²) >= 11 is 5.70. The van der Waals surface area contributed by atoms with Crippen LogP contribution in [0.15, 0.2) is 91.3 Å². The number of rotatable bonds is 8. The summed E-state index contributed by atoms with van der Waals surface area (Å²) in [4.78, 5) is 19.3. The van der Waals surface area contributed by atoms with Crippen molar-refractivity contribution in [2.75, 3.05) is 19.0 Å². The van der Waals surface area contributed by atoms with Crippen LogP contribution in [0.5, 0.6) is 5.75 Å². The smallest absolute Gasteiger partial charge is 0.416 e. The molecule has 2 aromatic heterocycles. The molecule has 40 heavy (non-hydrogen) atoms. The van der Waals surface area contributed by atoms with Crippen molar-refractivity contribution in [2.24, 2.45) is 0 Å². The molecule has 206 valence electrons. The van der Waals surface area contributed by atoms with Crippen LogP contribution in [0.3, 0.4) is 0 Å². The minimum Gasteiger partial charge on any atom is -0.495 e. The molecule has 7 nitrogen and oxygen atoms in total. The Bertz CT molecular complexity index is 1510. The summed E-state index contributed by atoms with van der Waals surface area (Å²) < 4.78 is 47.5. The number of para-hydroxylation sites is 2. The fraction of sp³-hybridized carbons (Fsp3) is 0.207. The molecule has 1 fully saturated rings. The number of carbonyl (C=O) groups excluding carboxylic acids is 1. The van der Waals surface area contributed by atoms with Crippen LogP contribution >= 0.6 is 12.2 Å². The maximum absolute atomic E-state index is 13.5. The molecule has 3 heterocycles. The number of ether oxygens (including phenoxy) is 1. The van der Waals surface area contributed by atoms with Crippen LogP contribution < -0.4 is 15.4 Å². The highest BCUT2D eigenvalue weighted by molar-refractivity contribution is 7.80. The Labute approximate surface area is 234 Å². The molecule has 2 N–H and O–H groups in total. The van der Waals surface area contributed by atoms with Gasteiger partial charge < -0.3 is 24.8 Å². The minimum absolute atomic E-state index is 0.107. The molecule has 2 unspecified atom stereocenters. The van der Waals surface area contributed by atoms with Gasteiger partial charge in [0.05, 0.1) is 36.1 Å². The second kappa shape index (κ2) is 11.4. The Morgan fingerprint density at radius 1 is 1.07 bits per heavy atom. The number of thiocarbonyl (C=S) groups is 1. The van der Waals surface area contributed by atoms with Gasteiger partial charge in [0.2, 0.25) is 5.91 Å². The third kappa shape index (κ3) is 5.64. The second-order valence-electron chi connectivity index (χ2n) is 9.17. The summed E-state index contributed by atoms with van der Waals surface area (Å²) in [6, 6.07) is 20.6. The van der Waals surface area contributed by atoms with Gasteiger partial charge in [-0.1, -0.05) is 24.3 Å². The first-order valence-corrected chi connectivity index (χ1v) is 12.9. The second-order valence-corrected chi connectivity index (χ2v) is 9.56. The molecule has 4 aromatic rings. The number of hydrogen-bond acceptors (Lipinski definition) is 4. The van der Waals surface area contributed by atoms with Crippen molar-refractivity contribution in [2.45, 2.75) is 24.7 Å². The van der Waals surface area contributed by atoms with E-state index in [1.807, 2.05) is 29.2 Å². The molecule has 1 saturated heterocycles. The van der Waals surface area contributed by atoms with Crippen molar-refractivity contribution in [1.82, 2.24) is 19.8 Å². The van der Waals surface area contributed by atoms with Gasteiger partial charge in [0, 0.05) is 36.7 Å². The van der Waals surface area contributed by atoms with Crippen LogP contribution in [0.2, 0.25) is 0 Å². The normalized spacial score (nSPS) is 17.0. The van der Waals surface area contributed by atoms with Crippen LogP contribution in [0.25, 0.3) is 5.69 Å². The van der Waals surface area contributed by atoms with E-state index in [4.69, 9.17) is 17.0 Å². The first-order chi connectivity index (χ1) is 19.3. The van der Waals surface area contributed by atoms with E-state index in [0.717, 1.165) is 12.1 Å². The van der Waals surface area contributed by atoms with Gasteiger partial charge in [-0.25, -0.2) is 0 Å². The van der Waals surface area contributed by atoms with Gasteiger partial charge in [0.1, 0.15) is 5.75 Å².